The van der Waals surface area contributed by atoms with Crippen LogP contribution in [-0.2, 0) is 12.5 Å². The third-order valence-corrected chi connectivity index (χ3v) is 2.91. The second-order valence-corrected chi connectivity index (χ2v) is 4.26. The average molecular weight is 278 g/mol. The summed E-state index contributed by atoms with van der Waals surface area (Å²) in [7, 11) is 0. The molecule has 0 atom stereocenters. The maximum Gasteiger partial charge on any atom is 0.269 e. The minimum Gasteiger partial charge on any atom is -0.489 e. The quantitative estimate of drug-likeness (QED) is 0.473. The van der Waals surface area contributed by atoms with Crippen LogP contribution in [0.15, 0.2) is 48.5 Å². The summed E-state index contributed by atoms with van der Waals surface area (Å²) < 4.78 is 5.61. The van der Waals surface area contributed by atoms with Crippen molar-refractivity contribution in [3.05, 3.63) is 69.8 Å². The molecule has 4 nitrogen and oxygen atoms in total. The SMILES string of the molecule is O=[N+]([O-])c1ccc(COc2cccc(CCl)c2)cc1. The molecule has 0 fully saturated rings. The van der Waals surface area contributed by atoms with Crippen molar-refractivity contribution >= 4 is 17.3 Å². The van der Waals surface area contributed by atoms with E-state index >= 15 is 0 Å². The number of nitro benzene ring substituents is 1. The maximum absolute atomic E-state index is 10.5. The third kappa shape index (κ3) is 3.69. The number of hydrogen-bond donors (Lipinski definition) is 0. The second kappa shape index (κ2) is 6.20. The Kier molecular flexibility index (Phi) is 4.36. The number of rotatable bonds is 5. The first-order valence-corrected chi connectivity index (χ1v) is 6.23. The van der Waals surface area contributed by atoms with Gasteiger partial charge in [0.1, 0.15) is 12.4 Å². The van der Waals surface area contributed by atoms with Crippen molar-refractivity contribution in [2.24, 2.45) is 0 Å². The van der Waals surface area contributed by atoms with E-state index < -0.39 is 4.92 Å². The van der Waals surface area contributed by atoms with Crippen LogP contribution in [-0.4, -0.2) is 4.92 Å². The van der Waals surface area contributed by atoms with E-state index in [1.54, 1.807) is 12.1 Å². The molecule has 0 N–H and O–H groups in total. The molecule has 0 aliphatic rings. The summed E-state index contributed by atoms with van der Waals surface area (Å²) in [5.41, 5.74) is 1.94. The summed E-state index contributed by atoms with van der Waals surface area (Å²) >= 11 is 5.74. The standard InChI is InChI=1S/C14H12ClNO3/c15-9-12-2-1-3-14(8-12)19-10-11-4-6-13(7-5-11)16(17)18/h1-8H,9-10H2. The number of halogens is 1. The van der Waals surface area contributed by atoms with Gasteiger partial charge in [-0.15, -0.1) is 11.6 Å². The van der Waals surface area contributed by atoms with Gasteiger partial charge < -0.3 is 4.74 Å². The fourth-order valence-electron chi connectivity index (χ4n) is 1.60. The van der Waals surface area contributed by atoms with E-state index in [1.165, 1.54) is 12.1 Å². The van der Waals surface area contributed by atoms with Crippen LogP contribution in [0.1, 0.15) is 11.1 Å². The first-order valence-electron chi connectivity index (χ1n) is 5.70. The summed E-state index contributed by atoms with van der Waals surface area (Å²) in [5, 5.41) is 10.5. The Morgan fingerprint density at radius 1 is 1.11 bits per heavy atom. The average Bonchev–Trinajstić information content (AvgIpc) is 2.46. The summed E-state index contributed by atoms with van der Waals surface area (Å²) in [4.78, 5) is 10.1. The molecule has 2 aromatic rings. The van der Waals surface area contributed by atoms with Crippen LogP contribution >= 0.6 is 11.6 Å². The number of hydrogen-bond acceptors (Lipinski definition) is 3. The number of ether oxygens (including phenoxy) is 1. The van der Waals surface area contributed by atoms with Gasteiger partial charge in [0.25, 0.3) is 5.69 Å². The highest BCUT2D eigenvalue weighted by atomic mass is 35.5. The monoisotopic (exact) mass is 277 g/mol. The van der Waals surface area contributed by atoms with Gasteiger partial charge in [-0.3, -0.25) is 10.1 Å². The van der Waals surface area contributed by atoms with Crippen LogP contribution in [0.2, 0.25) is 0 Å². The van der Waals surface area contributed by atoms with Crippen LogP contribution in [0, 0.1) is 10.1 Å². The highest BCUT2D eigenvalue weighted by molar-refractivity contribution is 6.17. The molecule has 0 saturated heterocycles. The lowest BCUT2D eigenvalue weighted by atomic mass is 10.2. The smallest absolute Gasteiger partial charge is 0.269 e. The molecule has 2 rings (SSSR count). The molecule has 5 heteroatoms. The van der Waals surface area contributed by atoms with Gasteiger partial charge in [-0.05, 0) is 35.4 Å². The van der Waals surface area contributed by atoms with Crippen molar-refractivity contribution in [3.8, 4) is 5.75 Å². The van der Waals surface area contributed by atoms with E-state index in [0.717, 1.165) is 16.9 Å². The number of benzene rings is 2. The second-order valence-electron chi connectivity index (χ2n) is 3.99. The topological polar surface area (TPSA) is 52.4 Å². The molecule has 0 radical (unpaired) electrons. The van der Waals surface area contributed by atoms with Gasteiger partial charge in [-0.25, -0.2) is 0 Å². The molecule has 0 spiro atoms. The fraction of sp³-hybridized carbons (Fsp3) is 0.143. The predicted octanol–water partition coefficient (Wildman–Crippen LogP) is 3.91. The Morgan fingerprint density at radius 3 is 2.47 bits per heavy atom. The summed E-state index contributed by atoms with van der Waals surface area (Å²) in [6.45, 7) is 0.365. The van der Waals surface area contributed by atoms with E-state index in [9.17, 15) is 10.1 Å². The van der Waals surface area contributed by atoms with Crippen molar-refractivity contribution < 1.29 is 9.66 Å². The van der Waals surface area contributed by atoms with E-state index in [1.807, 2.05) is 24.3 Å². The summed E-state index contributed by atoms with van der Waals surface area (Å²) in [6.07, 6.45) is 0. The van der Waals surface area contributed by atoms with Gasteiger partial charge in [0, 0.05) is 18.0 Å². The van der Waals surface area contributed by atoms with Crippen LogP contribution in [0.3, 0.4) is 0 Å². The number of alkyl halides is 1. The first-order chi connectivity index (χ1) is 9.19. The number of nitrogens with zero attached hydrogens (tertiary/aromatic N) is 1. The molecule has 0 saturated carbocycles. The zero-order valence-corrected chi connectivity index (χ0v) is 10.8. The third-order valence-electron chi connectivity index (χ3n) is 2.61. The zero-order valence-electron chi connectivity index (χ0n) is 10.1. The van der Waals surface area contributed by atoms with E-state index in [4.69, 9.17) is 16.3 Å². The van der Waals surface area contributed by atoms with Crippen molar-refractivity contribution in [2.75, 3.05) is 0 Å². The fourth-order valence-corrected chi connectivity index (χ4v) is 1.77. The highest BCUT2D eigenvalue weighted by Crippen LogP contribution is 2.17. The molecular formula is C14H12ClNO3. The Labute approximate surface area is 115 Å². The summed E-state index contributed by atoms with van der Waals surface area (Å²) in [6, 6.07) is 13.8. The van der Waals surface area contributed by atoms with Gasteiger partial charge in [0.2, 0.25) is 0 Å². The molecule has 0 unspecified atom stereocenters. The Morgan fingerprint density at radius 2 is 1.84 bits per heavy atom. The van der Waals surface area contributed by atoms with Crippen molar-refractivity contribution in [1.82, 2.24) is 0 Å². The molecule has 0 bridgehead atoms. The lowest BCUT2D eigenvalue weighted by Crippen LogP contribution is -1.96. The van der Waals surface area contributed by atoms with Crippen molar-refractivity contribution in [3.63, 3.8) is 0 Å². The molecular weight excluding hydrogens is 266 g/mol. The van der Waals surface area contributed by atoms with Crippen molar-refractivity contribution in [2.45, 2.75) is 12.5 Å². The maximum atomic E-state index is 10.5. The number of non-ortho nitro benzene ring substituents is 1. The lowest BCUT2D eigenvalue weighted by molar-refractivity contribution is -0.384. The lowest BCUT2D eigenvalue weighted by Gasteiger charge is -2.07. The minimum absolute atomic E-state index is 0.0767. The van der Waals surface area contributed by atoms with Gasteiger partial charge >= 0.3 is 0 Å². The first kappa shape index (κ1) is 13.4. The predicted molar refractivity (Wildman–Crippen MR) is 73.4 cm³/mol. The molecule has 0 heterocycles. The Balaban J connectivity index is 1.99. The molecule has 0 aliphatic carbocycles. The number of nitro groups is 1. The van der Waals surface area contributed by atoms with E-state index in [0.29, 0.717) is 12.5 Å². The molecule has 0 amide bonds. The van der Waals surface area contributed by atoms with Gasteiger partial charge in [0.15, 0.2) is 0 Å². The van der Waals surface area contributed by atoms with Gasteiger partial charge in [-0.2, -0.15) is 0 Å². The Bertz CT molecular complexity index is 569. The molecule has 98 valence electrons. The van der Waals surface area contributed by atoms with E-state index in [2.05, 4.69) is 0 Å². The largest absolute Gasteiger partial charge is 0.489 e. The van der Waals surface area contributed by atoms with E-state index in [-0.39, 0.29) is 5.69 Å². The molecule has 0 aliphatic heterocycles. The zero-order chi connectivity index (χ0) is 13.7. The molecule has 2 aromatic carbocycles. The molecule has 19 heavy (non-hydrogen) atoms. The van der Waals surface area contributed by atoms with Crippen LogP contribution in [0.4, 0.5) is 5.69 Å². The van der Waals surface area contributed by atoms with Gasteiger partial charge in [0.05, 0.1) is 4.92 Å². The molecule has 0 aromatic heterocycles. The minimum atomic E-state index is -0.422. The van der Waals surface area contributed by atoms with Gasteiger partial charge in [-0.1, -0.05) is 12.1 Å². The summed E-state index contributed by atoms with van der Waals surface area (Å²) in [5.74, 6) is 1.17. The Hall–Kier alpha value is -2.07. The van der Waals surface area contributed by atoms with Crippen LogP contribution < -0.4 is 4.74 Å². The van der Waals surface area contributed by atoms with Crippen LogP contribution in [0.25, 0.3) is 0 Å². The van der Waals surface area contributed by atoms with Crippen molar-refractivity contribution in [1.29, 1.82) is 0 Å². The highest BCUT2D eigenvalue weighted by Gasteiger charge is 2.04. The normalized spacial score (nSPS) is 10.2. The van der Waals surface area contributed by atoms with Crippen LogP contribution in [0.5, 0.6) is 5.75 Å².